The van der Waals surface area contributed by atoms with Crippen LogP contribution in [-0.4, -0.2) is 36.6 Å². The summed E-state index contributed by atoms with van der Waals surface area (Å²) < 4.78 is 5.31. The highest BCUT2D eigenvalue weighted by molar-refractivity contribution is 6.07. The SMILES string of the molecule is CCOCCCNC(=O)c1cc(-c2ccc(NC(C)=O)cc2)nc2ccccc12. The van der Waals surface area contributed by atoms with Gasteiger partial charge in [0.2, 0.25) is 5.91 Å². The number of amides is 2. The van der Waals surface area contributed by atoms with Crippen LogP contribution in [0.2, 0.25) is 0 Å². The molecule has 150 valence electrons. The second-order valence-electron chi connectivity index (χ2n) is 6.64. The Bertz CT molecular complexity index is 1000. The lowest BCUT2D eigenvalue weighted by Gasteiger charge is -2.11. The Morgan fingerprint density at radius 3 is 2.55 bits per heavy atom. The minimum absolute atomic E-state index is 0.120. The molecule has 0 bridgehead atoms. The van der Waals surface area contributed by atoms with E-state index in [1.165, 1.54) is 6.92 Å². The molecule has 0 aliphatic heterocycles. The second-order valence-corrected chi connectivity index (χ2v) is 6.64. The normalized spacial score (nSPS) is 10.7. The van der Waals surface area contributed by atoms with Crippen molar-refractivity contribution in [1.29, 1.82) is 0 Å². The van der Waals surface area contributed by atoms with Crippen molar-refractivity contribution in [3.8, 4) is 11.3 Å². The van der Waals surface area contributed by atoms with Gasteiger partial charge in [0.15, 0.2) is 0 Å². The van der Waals surface area contributed by atoms with Crippen molar-refractivity contribution in [3.05, 3.63) is 60.2 Å². The molecule has 6 heteroatoms. The number of anilines is 1. The van der Waals surface area contributed by atoms with Crippen LogP contribution >= 0.6 is 0 Å². The number of para-hydroxylation sites is 1. The summed E-state index contributed by atoms with van der Waals surface area (Å²) in [6, 6.07) is 16.8. The lowest BCUT2D eigenvalue weighted by atomic mass is 10.0. The maximum atomic E-state index is 12.8. The molecule has 2 N–H and O–H groups in total. The van der Waals surface area contributed by atoms with Gasteiger partial charge in [-0.25, -0.2) is 4.98 Å². The van der Waals surface area contributed by atoms with E-state index >= 15 is 0 Å². The summed E-state index contributed by atoms with van der Waals surface area (Å²) in [6.45, 7) is 5.27. The standard InChI is InChI=1S/C23H25N3O3/c1-3-29-14-6-13-24-23(28)20-15-22(26-21-8-5-4-7-19(20)21)17-9-11-18(12-10-17)25-16(2)27/h4-5,7-12,15H,3,6,13-14H2,1-2H3,(H,24,28)(H,25,27). The Morgan fingerprint density at radius 1 is 1.07 bits per heavy atom. The van der Waals surface area contributed by atoms with Crippen LogP contribution in [-0.2, 0) is 9.53 Å². The van der Waals surface area contributed by atoms with Gasteiger partial charge in [-0.2, -0.15) is 0 Å². The molecule has 0 fully saturated rings. The van der Waals surface area contributed by atoms with Crippen LogP contribution in [0.3, 0.4) is 0 Å². The summed E-state index contributed by atoms with van der Waals surface area (Å²) >= 11 is 0. The molecule has 1 aromatic heterocycles. The van der Waals surface area contributed by atoms with Gasteiger partial charge in [-0.05, 0) is 37.6 Å². The number of benzene rings is 2. The highest BCUT2D eigenvalue weighted by atomic mass is 16.5. The number of ether oxygens (including phenoxy) is 1. The van der Waals surface area contributed by atoms with Crippen LogP contribution in [0.4, 0.5) is 5.69 Å². The van der Waals surface area contributed by atoms with E-state index in [1.807, 2.05) is 61.5 Å². The molecule has 0 aliphatic carbocycles. The molecule has 2 aromatic carbocycles. The van der Waals surface area contributed by atoms with Crippen LogP contribution in [0.5, 0.6) is 0 Å². The molecule has 0 radical (unpaired) electrons. The van der Waals surface area contributed by atoms with Crippen LogP contribution < -0.4 is 10.6 Å². The third-order valence-corrected chi connectivity index (χ3v) is 4.42. The number of fused-ring (bicyclic) bond motifs is 1. The maximum Gasteiger partial charge on any atom is 0.252 e. The number of nitrogens with zero attached hydrogens (tertiary/aromatic N) is 1. The van der Waals surface area contributed by atoms with Gasteiger partial charge in [0.1, 0.15) is 0 Å². The number of pyridine rings is 1. The number of hydrogen-bond donors (Lipinski definition) is 2. The topological polar surface area (TPSA) is 80.3 Å². The molecule has 2 amide bonds. The number of hydrogen-bond acceptors (Lipinski definition) is 4. The zero-order valence-electron chi connectivity index (χ0n) is 16.7. The summed E-state index contributed by atoms with van der Waals surface area (Å²) in [5.41, 5.74) is 3.64. The molecule has 3 rings (SSSR count). The predicted octanol–water partition coefficient (Wildman–Crippen LogP) is 4.02. The third kappa shape index (κ3) is 5.39. The monoisotopic (exact) mass is 391 g/mol. The minimum atomic E-state index is -0.129. The third-order valence-electron chi connectivity index (χ3n) is 4.42. The van der Waals surface area contributed by atoms with Crippen molar-refractivity contribution >= 4 is 28.4 Å². The van der Waals surface area contributed by atoms with Gasteiger partial charge in [0.05, 0.1) is 16.8 Å². The van der Waals surface area contributed by atoms with Gasteiger partial charge >= 0.3 is 0 Å². The van der Waals surface area contributed by atoms with E-state index < -0.39 is 0 Å². The van der Waals surface area contributed by atoms with E-state index in [0.717, 1.165) is 22.9 Å². The zero-order chi connectivity index (χ0) is 20.6. The molecule has 0 spiro atoms. The summed E-state index contributed by atoms with van der Waals surface area (Å²) in [5.74, 6) is -0.249. The van der Waals surface area contributed by atoms with Gasteiger partial charge < -0.3 is 15.4 Å². The van der Waals surface area contributed by atoms with Crippen molar-refractivity contribution in [2.75, 3.05) is 25.1 Å². The van der Waals surface area contributed by atoms with Gasteiger partial charge in [-0.3, -0.25) is 9.59 Å². The molecule has 0 aliphatic rings. The fourth-order valence-electron chi connectivity index (χ4n) is 3.05. The Hall–Kier alpha value is -3.25. The Labute approximate surface area is 170 Å². The second kappa shape index (κ2) is 9.80. The number of nitrogens with one attached hydrogen (secondary N) is 2. The number of carbonyl (C=O) groups is 2. The van der Waals surface area contributed by atoms with E-state index in [0.29, 0.717) is 36.7 Å². The lowest BCUT2D eigenvalue weighted by molar-refractivity contribution is -0.114. The number of carbonyl (C=O) groups excluding carboxylic acids is 2. The average Bonchev–Trinajstić information content (AvgIpc) is 2.72. The molecule has 0 saturated carbocycles. The Kier molecular flexibility index (Phi) is 6.92. The number of aromatic nitrogens is 1. The first-order chi connectivity index (χ1) is 14.1. The molecule has 29 heavy (non-hydrogen) atoms. The average molecular weight is 391 g/mol. The zero-order valence-corrected chi connectivity index (χ0v) is 16.7. The molecule has 0 atom stereocenters. The first-order valence-electron chi connectivity index (χ1n) is 9.72. The molecular formula is C23H25N3O3. The Balaban J connectivity index is 1.87. The van der Waals surface area contributed by atoms with Gasteiger partial charge in [-0.15, -0.1) is 0 Å². The van der Waals surface area contributed by atoms with Crippen molar-refractivity contribution < 1.29 is 14.3 Å². The van der Waals surface area contributed by atoms with E-state index in [2.05, 4.69) is 10.6 Å². The highest BCUT2D eigenvalue weighted by Gasteiger charge is 2.13. The van der Waals surface area contributed by atoms with Crippen LogP contribution in [0.25, 0.3) is 22.2 Å². The van der Waals surface area contributed by atoms with Crippen molar-refractivity contribution in [2.24, 2.45) is 0 Å². The lowest BCUT2D eigenvalue weighted by Crippen LogP contribution is -2.25. The summed E-state index contributed by atoms with van der Waals surface area (Å²) in [5, 5.41) is 6.53. The highest BCUT2D eigenvalue weighted by Crippen LogP contribution is 2.26. The Morgan fingerprint density at radius 2 is 1.83 bits per heavy atom. The maximum absolute atomic E-state index is 12.8. The molecule has 6 nitrogen and oxygen atoms in total. The predicted molar refractivity (Wildman–Crippen MR) is 115 cm³/mol. The first-order valence-corrected chi connectivity index (χ1v) is 9.72. The smallest absolute Gasteiger partial charge is 0.252 e. The molecule has 3 aromatic rings. The summed E-state index contributed by atoms with van der Waals surface area (Å²) in [4.78, 5) is 28.7. The van der Waals surface area contributed by atoms with Crippen LogP contribution in [0.15, 0.2) is 54.6 Å². The van der Waals surface area contributed by atoms with Gasteiger partial charge in [0, 0.05) is 43.3 Å². The molecule has 0 unspecified atom stereocenters. The van der Waals surface area contributed by atoms with E-state index in [9.17, 15) is 9.59 Å². The molecular weight excluding hydrogens is 366 g/mol. The molecule has 1 heterocycles. The van der Waals surface area contributed by atoms with Crippen molar-refractivity contribution in [3.63, 3.8) is 0 Å². The summed E-state index contributed by atoms with van der Waals surface area (Å²) in [6.07, 6.45) is 0.764. The largest absolute Gasteiger partial charge is 0.382 e. The van der Waals surface area contributed by atoms with E-state index in [4.69, 9.17) is 9.72 Å². The first kappa shape index (κ1) is 20.5. The van der Waals surface area contributed by atoms with Crippen LogP contribution in [0, 0.1) is 0 Å². The van der Waals surface area contributed by atoms with Gasteiger partial charge in [0.25, 0.3) is 5.91 Å². The minimum Gasteiger partial charge on any atom is -0.382 e. The quantitative estimate of drug-likeness (QED) is 0.569. The summed E-state index contributed by atoms with van der Waals surface area (Å²) in [7, 11) is 0. The van der Waals surface area contributed by atoms with Crippen molar-refractivity contribution in [1.82, 2.24) is 10.3 Å². The van der Waals surface area contributed by atoms with Gasteiger partial charge in [-0.1, -0.05) is 30.3 Å². The fraction of sp³-hybridized carbons (Fsp3) is 0.261. The van der Waals surface area contributed by atoms with Crippen LogP contribution in [0.1, 0.15) is 30.6 Å². The van der Waals surface area contributed by atoms with E-state index in [1.54, 1.807) is 0 Å². The number of rotatable bonds is 8. The van der Waals surface area contributed by atoms with Crippen molar-refractivity contribution in [2.45, 2.75) is 20.3 Å². The molecule has 0 saturated heterocycles. The van der Waals surface area contributed by atoms with E-state index in [-0.39, 0.29) is 11.8 Å². The fourth-order valence-corrected chi connectivity index (χ4v) is 3.05.